The van der Waals surface area contributed by atoms with Crippen LogP contribution in [0.3, 0.4) is 0 Å². The van der Waals surface area contributed by atoms with E-state index >= 15 is 0 Å². The molecule has 0 saturated carbocycles. The van der Waals surface area contributed by atoms with E-state index in [1.807, 2.05) is 6.07 Å². The molecule has 2 aliphatic heterocycles. The van der Waals surface area contributed by atoms with Crippen LogP contribution in [0.5, 0.6) is 5.75 Å². The van der Waals surface area contributed by atoms with E-state index in [9.17, 15) is 24.0 Å². The van der Waals surface area contributed by atoms with Crippen LogP contribution in [-0.2, 0) is 9.59 Å². The van der Waals surface area contributed by atoms with Crippen LogP contribution < -0.4 is 20.7 Å². The Labute approximate surface area is 187 Å². The monoisotopic (exact) mass is 447 g/mol. The highest BCUT2D eigenvalue weighted by Gasteiger charge is 2.44. The molecule has 6 amide bonds. The number of hydrogen-bond donors (Lipinski definition) is 3. The number of carbonyl (C=O) groups excluding carboxylic acids is 5. The van der Waals surface area contributed by atoms with Crippen molar-refractivity contribution in [2.45, 2.75) is 18.9 Å². The third-order valence-electron chi connectivity index (χ3n) is 5.11. The number of benzene rings is 2. The Morgan fingerprint density at radius 2 is 1.70 bits per heavy atom. The number of carbonyl (C=O) groups is 5. The molecule has 1 unspecified atom stereocenters. The van der Waals surface area contributed by atoms with Crippen molar-refractivity contribution in [1.29, 1.82) is 5.26 Å². The number of anilines is 2. The maximum atomic E-state index is 12.8. The predicted molar refractivity (Wildman–Crippen MR) is 113 cm³/mol. The second-order valence-electron chi connectivity index (χ2n) is 7.26. The van der Waals surface area contributed by atoms with Gasteiger partial charge in [-0.15, -0.1) is 0 Å². The number of hydrogen-bond acceptors (Lipinski definition) is 7. The minimum atomic E-state index is -1.06. The first kappa shape index (κ1) is 21.5. The van der Waals surface area contributed by atoms with E-state index in [0.29, 0.717) is 11.4 Å². The molecule has 4 rings (SSSR count). The van der Waals surface area contributed by atoms with Crippen molar-refractivity contribution in [3.63, 3.8) is 0 Å². The number of fused-ring (bicyclic) bond motifs is 1. The molecular formula is C22H17N5O6. The Balaban J connectivity index is 1.43. The zero-order valence-corrected chi connectivity index (χ0v) is 17.1. The highest BCUT2D eigenvalue weighted by molar-refractivity contribution is 6.24. The quantitative estimate of drug-likeness (QED) is 0.588. The van der Waals surface area contributed by atoms with E-state index < -0.39 is 35.7 Å². The first-order valence-electron chi connectivity index (χ1n) is 9.91. The van der Waals surface area contributed by atoms with Crippen molar-refractivity contribution in [3.05, 3.63) is 53.6 Å². The Morgan fingerprint density at radius 1 is 1.03 bits per heavy atom. The summed E-state index contributed by atoms with van der Waals surface area (Å²) in [5.74, 6) is -1.96. The zero-order valence-electron chi connectivity index (χ0n) is 17.1. The average molecular weight is 447 g/mol. The molecular weight excluding hydrogens is 430 g/mol. The van der Waals surface area contributed by atoms with Crippen molar-refractivity contribution >= 4 is 41.0 Å². The van der Waals surface area contributed by atoms with E-state index in [4.69, 9.17) is 10.00 Å². The molecule has 11 nitrogen and oxygen atoms in total. The van der Waals surface area contributed by atoms with Gasteiger partial charge in [0.1, 0.15) is 17.9 Å². The minimum absolute atomic E-state index is 0.0300. The van der Waals surface area contributed by atoms with Gasteiger partial charge in [0.2, 0.25) is 11.8 Å². The second-order valence-corrected chi connectivity index (χ2v) is 7.26. The summed E-state index contributed by atoms with van der Waals surface area (Å²) < 4.78 is 5.14. The van der Waals surface area contributed by atoms with Crippen LogP contribution in [0, 0.1) is 11.3 Å². The molecule has 2 heterocycles. The van der Waals surface area contributed by atoms with E-state index in [2.05, 4.69) is 16.0 Å². The maximum Gasteiger partial charge on any atom is 0.323 e. The first-order chi connectivity index (χ1) is 15.9. The SMILES string of the molecule is N#CCOc1ccc(NC(=O)Nc2ccc3c(c2)C(=O)N(C2CCC(=O)NC2=O)C3=O)cc1. The summed E-state index contributed by atoms with van der Waals surface area (Å²) in [4.78, 5) is 62.2. The Morgan fingerprint density at radius 3 is 2.39 bits per heavy atom. The molecule has 1 fully saturated rings. The molecule has 33 heavy (non-hydrogen) atoms. The number of ether oxygens (including phenoxy) is 1. The summed E-state index contributed by atoms with van der Waals surface area (Å²) in [5, 5.41) is 15.9. The standard InChI is InChI=1S/C22H17N5O6/c23-9-10-33-14-4-1-12(2-5-14)24-22(32)25-13-3-6-15-16(11-13)21(31)27(20(15)30)17-7-8-18(28)26-19(17)29/h1-6,11,17H,7-8,10H2,(H2,24,25,32)(H,26,28,29). The van der Waals surface area contributed by atoms with Gasteiger partial charge >= 0.3 is 6.03 Å². The summed E-state index contributed by atoms with van der Waals surface area (Å²) in [7, 11) is 0. The molecule has 3 N–H and O–H groups in total. The number of amides is 6. The van der Waals surface area contributed by atoms with Crippen LogP contribution in [0.1, 0.15) is 33.6 Å². The lowest BCUT2D eigenvalue weighted by Crippen LogP contribution is -2.54. The van der Waals surface area contributed by atoms with Crippen molar-refractivity contribution in [1.82, 2.24) is 10.2 Å². The van der Waals surface area contributed by atoms with Crippen molar-refractivity contribution in [2.24, 2.45) is 0 Å². The van der Waals surface area contributed by atoms with Crippen LogP contribution in [0.25, 0.3) is 0 Å². The number of piperidine rings is 1. The molecule has 2 aromatic rings. The van der Waals surface area contributed by atoms with Crippen LogP contribution in [-0.4, -0.2) is 47.2 Å². The van der Waals surface area contributed by atoms with E-state index in [1.165, 1.54) is 18.2 Å². The van der Waals surface area contributed by atoms with Gasteiger partial charge in [-0.1, -0.05) is 0 Å². The second kappa shape index (κ2) is 8.80. The Kier molecular flexibility index (Phi) is 5.73. The highest BCUT2D eigenvalue weighted by atomic mass is 16.5. The highest BCUT2D eigenvalue weighted by Crippen LogP contribution is 2.29. The van der Waals surface area contributed by atoms with E-state index in [-0.39, 0.29) is 36.3 Å². The third-order valence-corrected chi connectivity index (χ3v) is 5.11. The lowest BCUT2D eigenvalue weighted by molar-refractivity contribution is -0.136. The number of nitrogens with one attached hydrogen (secondary N) is 3. The number of rotatable bonds is 5. The number of nitrogens with zero attached hydrogens (tertiary/aromatic N) is 2. The molecule has 0 aliphatic carbocycles. The molecule has 166 valence electrons. The fraction of sp³-hybridized carbons (Fsp3) is 0.182. The van der Waals surface area contributed by atoms with Gasteiger partial charge < -0.3 is 15.4 Å². The summed E-state index contributed by atoms with van der Waals surface area (Å²) >= 11 is 0. The smallest absolute Gasteiger partial charge is 0.323 e. The molecule has 1 saturated heterocycles. The lowest BCUT2D eigenvalue weighted by Gasteiger charge is -2.27. The molecule has 2 aliphatic rings. The van der Waals surface area contributed by atoms with Gasteiger partial charge in [0.25, 0.3) is 11.8 Å². The predicted octanol–water partition coefficient (Wildman–Crippen LogP) is 1.63. The molecule has 11 heteroatoms. The van der Waals surface area contributed by atoms with Gasteiger partial charge in [0, 0.05) is 17.8 Å². The summed E-state index contributed by atoms with van der Waals surface area (Å²) in [5.41, 5.74) is 0.907. The van der Waals surface area contributed by atoms with Crippen LogP contribution in [0.4, 0.5) is 16.2 Å². The van der Waals surface area contributed by atoms with Crippen LogP contribution in [0.2, 0.25) is 0 Å². The first-order valence-corrected chi connectivity index (χ1v) is 9.91. The minimum Gasteiger partial charge on any atom is -0.479 e. The fourth-order valence-corrected chi connectivity index (χ4v) is 3.59. The maximum absolute atomic E-state index is 12.8. The summed E-state index contributed by atoms with van der Waals surface area (Å²) in [6.45, 7) is -0.0895. The molecule has 0 radical (unpaired) electrons. The molecule has 2 aromatic carbocycles. The summed E-state index contributed by atoms with van der Waals surface area (Å²) in [6, 6.07) is 10.8. The number of urea groups is 1. The topological polar surface area (TPSA) is 158 Å². The van der Waals surface area contributed by atoms with Crippen molar-refractivity contribution in [2.75, 3.05) is 17.2 Å². The lowest BCUT2D eigenvalue weighted by atomic mass is 10.0. The Hall–Kier alpha value is -4.72. The number of imide groups is 2. The fourth-order valence-electron chi connectivity index (χ4n) is 3.59. The van der Waals surface area contributed by atoms with Crippen molar-refractivity contribution < 1.29 is 28.7 Å². The third kappa shape index (κ3) is 4.35. The number of nitriles is 1. The van der Waals surface area contributed by atoms with Gasteiger partial charge in [-0.25, -0.2) is 4.79 Å². The van der Waals surface area contributed by atoms with E-state index in [1.54, 1.807) is 24.3 Å². The average Bonchev–Trinajstić information content (AvgIpc) is 3.03. The molecule has 0 bridgehead atoms. The van der Waals surface area contributed by atoms with Gasteiger partial charge in [-0.2, -0.15) is 5.26 Å². The molecule has 0 spiro atoms. The molecule has 0 aromatic heterocycles. The zero-order chi connectivity index (χ0) is 23.5. The van der Waals surface area contributed by atoms with Gasteiger partial charge in [-0.05, 0) is 48.9 Å². The normalized spacial score (nSPS) is 17.2. The van der Waals surface area contributed by atoms with E-state index in [0.717, 1.165) is 4.90 Å². The Bertz CT molecular complexity index is 1220. The van der Waals surface area contributed by atoms with Gasteiger partial charge in [0.15, 0.2) is 6.61 Å². The largest absolute Gasteiger partial charge is 0.479 e. The van der Waals surface area contributed by atoms with Gasteiger partial charge in [0.05, 0.1) is 11.1 Å². The van der Waals surface area contributed by atoms with Crippen molar-refractivity contribution in [3.8, 4) is 11.8 Å². The van der Waals surface area contributed by atoms with Crippen LogP contribution >= 0.6 is 0 Å². The van der Waals surface area contributed by atoms with Crippen LogP contribution in [0.15, 0.2) is 42.5 Å². The van der Waals surface area contributed by atoms with Gasteiger partial charge in [-0.3, -0.25) is 29.4 Å². The molecule has 1 atom stereocenters. The summed E-state index contributed by atoms with van der Waals surface area (Å²) in [6.07, 6.45) is 0.0895.